The topological polar surface area (TPSA) is 16.4 Å². The number of rotatable bonds is 3. The molecule has 0 radical (unpaired) electrons. The van der Waals surface area contributed by atoms with E-state index in [1.165, 1.54) is 27.6 Å². The minimum atomic E-state index is 0.203. The first-order valence-corrected chi connectivity index (χ1v) is 8.56. The van der Waals surface area contributed by atoms with E-state index in [-0.39, 0.29) is 5.41 Å². The van der Waals surface area contributed by atoms with Gasteiger partial charge in [-0.1, -0.05) is 62.2 Å². The fourth-order valence-electron chi connectivity index (χ4n) is 3.25. The highest BCUT2D eigenvalue weighted by Crippen LogP contribution is 2.41. The average molecular weight is 321 g/mol. The molecule has 0 aliphatic heterocycles. The van der Waals surface area contributed by atoms with E-state index >= 15 is 0 Å². The molecule has 3 aromatic rings. The quantitative estimate of drug-likeness (QED) is 0.571. The van der Waals surface area contributed by atoms with Crippen molar-refractivity contribution in [3.63, 3.8) is 0 Å². The lowest BCUT2D eigenvalue weighted by molar-refractivity contribution is 0.409. The zero-order valence-electron chi connectivity index (χ0n) is 15.6. The number of hydrogen-bond acceptors (Lipinski definition) is 2. The molecule has 126 valence electrons. The van der Waals surface area contributed by atoms with E-state index in [1.807, 2.05) is 0 Å². The molecular weight excluding hydrogens is 294 g/mol. The molecule has 2 aromatic carbocycles. The highest BCUT2D eigenvalue weighted by Gasteiger charge is 2.22. The average Bonchev–Trinajstić information content (AvgIpc) is 2.85. The molecule has 2 heteroatoms. The van der Waals surface area contributed by atoms with Gasteiger partial charge in [0.1, 0.15) is 5.58 Å². The summed E-state index contributed by atoms with van der Waals surface area (Å²) in [5.74, 6) is 0.953. The molecule has 0 bridgehead atoms. The Bertz CT molecular complexity index is 850. The van der Waals surface area contributed by atoms with Gasteiger partial charge in [0.05, 0.1) is 5.56 Å². The van der Waals surface area contributed by atoms with Crippen LogP contribution in [0.3, 0.4) is 0 Å². The van der Waals surface area contributed by atoms with Crippen LogP contribution in [0, 0.1) is 19.3 Å². The Morgan fingerprint density at radius 1 is 0.917 bits per heavy atom. The summed E-state index contributed by atoms with van der Waals surface area (Å²) in [5, 5.41) is 1.19. The Hall–Kier alpha value is -2.22. The maximum Gasteiger partial charge on any atom is 0.204 e. The molecule has 1 aromatic heterocycles. The van der Waals surface area contributed by atoms with Crippen LogP contribution in [0.15, 0.2) is 46.9 Å². The van der Waals surface area contributed by atoms with Gasteiger partial charge in [-0.15, -0.1) is 0 Å². The van der Waals surface area contributed by atoms with Gasteiger partial charge >= 0.3 is 0 Å². The minimum Gasteiger partial charge on any atom is -0.440 e. The summed E-state index contributed by atoms with van der Waals surface area (Å²) >= 11 is 0. The number of nitrogens with zero attached hydrogens (tertiary/aromatic N) is 1. The van der Waals surface area contributed by atoms with Crippen molar-refractivity contribution >= 4 is 16.9 Å². The van der Waals surface area contributed by atoms with Crippen LogP contribution in [0.4, 0.5) is 5.88 Å². The molecule has 0 aliphatic carbocycles. The van der Waals surface area contributed by atoms with Crippen molar-refractivity contribution < 1.29 is 4.42 Å². The number of anilines is 1. The van der Waals surface area contributed by atoms with E-state index in [9.17, 15) is 0 Å². The lowest BCUT2D eigenvalue weighted by atomic mass is 9.95. The summed E-state index contributed by atoms with van der Waals surface area (Å²) in [6.45, 7) is 11.9. The number of benzene rings is 2. The molecule has 0 amide bonds. The van der Waals surface area contributed by atoms with Crippen LogP contribution in [0.1, 0.15) is 31.9 Å². The Balaban J connectivity index is 2.21. The summed E-state index contributed by atoms with van der Waals surface area (Å²) < 4.78 is 6.27. The third-order valence-corrected chi connectivity index (χ3v) is 4.22. The van der Waals surface area contributed by atoms with Crippen LogP contribution in [0.2, 0.25) is 0 Å². The Morgan fingerprint density at radius 3 is 2.17 bits per heavy atom. The molecule has 2 nitrogen and oxygen atoms in total. The SMILES string of the molecule is Cc1ccc(-c2c(N(C)CC(C)(C)C)oc3ccc(C)cc23)cc1. The zero-order valence-corrected chi connectivity index (χ0v) is 15.6. The van der Waals surface area contributed by atoms with Gasteiger partial charge in [0.2, 0.25) is 5.88 Å². The molecule has 24 heavy (non-hydrogen) atoms. The van der Waals surface area contributed by atoms with Crippen molar-refractivity contribution in [1.29, 1.82) is 0 Å². The molecule has 0 saturated heterocycles. The van der Waals surface area contributed by atoms with Crippen molar-refractivity contribution in [1.82, 2.24) is 0 Å². The molecule has 0 spiro atoms. The van der Waals surface area contributed by atoms with E-state index in [1.54, 1.807) is 0 Å². The third-order valence-electron chi connectivity index (χ3n) is 4.22. The number of aryl methyl sites for hydroxylation is 2. The minimum absolute atomic E-state index is 0.203. The molecule has 3 rings (SSSR count). The molecule has 1 heterocycles. The van der Waals surface area contributed by atoms with Gasteiger partial charge in [-0.25, -0.2) is 0 Å². The molecular formula is C22H27NO. The van der Waals surface area contributed by atoms with Gasteiger partial charge in [0.15, 0.2) is 0 Å². The largest absolute Gasteiger partial charge is 0.440 e. The first-order chi connectivity index (χ1) is 11.2. The van der Waals surface area contributed by atoms with E-state index in [0.29, 0.717) is 0 Å². The van der Waals surface area contributed by atoms with Crippen molar-refractivity contribution in [3.05, 3.63) is 53.6 Å². The lowest BCUT2D eigenvalue weighted by Gasteiger charge is -2.27. The lowest BCUT2D eigenvalue weighted by Crippen LogP contribution is -2.29. The first-order valence-electron chi connectivity index (χ1n) is 8.56. The summed E-state index contributed by atoms with van der Waals surface area (Å²) in [6.07, 6.45) is 0. The van der Waals surface area contributed by atoms with Crippen molar-refractivity contribution in [2.45, 2.75) is 34.6 Å². The van der Waals surface area contributed by atoms with Crippen LogP contribution in [-0.2, 0) is 0 Å². The van der Waals surface area contributed by atoms with E-state index in [0.717, 1.165) is 18.0 Å². The molecule has 0 atom stereocenters. The maximum absolute atomic E-state index is 6.27. The summed E-state index contributed by atoms with van der Waals surface area (Å²) in [4.78, 5) is 2.24. The van der Waals surface area contributed by atoms with Gasteiger partial charge in [-0.05, 0) is 37.0 Å². The van der Waals surface area contributed by atoms with Crippen LogP contribution >= 0.6 is 0 Å². The normalized spacial score (nSPS) is 11.9. The van der Waals surface area contributed by atoms with Crippen LogP contribution in [0.25, 0.3) is 22.1 Å². The smallest absolute Gasteiger partial charge is 0.204 e. The van der Waals surface area contributed by atoms with Crippen LogP contribution in [-0.4, -0.2) is 13.6 Å². The van der Waals surface area contributed by atoms with Crippen LogP contribution in [0.5, 0.6) is 0 Å². The van der Waals surface area contributed by atoms with Crippen molar-refractivity contribution in [2.24, 2.45) is 5.41 Å². The molecule has 0 N–H and O–H groups in total. The second kappa shape index (κ2) is 6.01. The zero-order chi connectivity index (χ0) is 17.5. The molecule has 0 fully saturated rings. The summed E-state index contributed by atoms with van der Waals surface area (Å²) in [5.41, 5.74) is 6.08. The molecule has 0 unspecified atom stereocenters. The third kappa shape index (κ3) is 3.33. The highest BCUT2D eigenvalue weighted by atomic mass is 16.4. The van der Waals surface area contributed by atoms with Crippen molar-refractivity contribution in [3.8, 4) is 11.1 Å². The summed E-state index contributed by atoms with van der Waals surface area (Å²) in [6, 6.07) is 15.1. The number of fused-ring (bicyclic) bond motifs is 1. The second-order valence-electron chi connectivity index (χ2n) is 8.06. The van der Waals surface area contributed by atoms with E-state index in [2.05, 4.69) is 89.0 Å². The van der Waals surface area contributed by atoms with Gasteiger partial charge in [-0.3, -0.25) is 0 Å². The van der Waals surface area contributed by atoms with Gasteiger partial charge in [0.25, 0.3) is 0 Å². The van der Waals surface area contributed by atoms with E-state index in [4.69, 9.17) is 4.42 Å². The standard InChI is InChI=1S/C22H27NO/c1-15-7-10-17(11-8-15)20-18-13-16(2)9-12-19(18)24-21(20)23(6)14-22(3,4)5/h7-13H,14H2,1-6H3. The van der Waals surface area contributed by atoms with Gasteiger partial charge in [-0.2, -0.15) is 0 Å². The second-order valence-corrected chi connectivity index (χ2v) is 8.06. The van der Waals surface area contributed by atoms with Crippen LogP contribution < -0.4 is 4.90 Å². The predicted octanol–water partition coefficient (Wildman–Crippen LogP) is 6.20. The summed E-state index contributed by atoms with van der Waals surface area (Å²) in [7, 11) is 2.12. The van der Waals surface area contributed by atoms with E-state index < -0.39 is 0 Å². The fourth-order valence-corrected chi connectivity index (χ4v) is 3.25. The number of furan rings is 1. The Morgan fingerprint density at radius 2 is 1.54 bits per heavy atom. The highest BCUT2D eigenvalue weighted by molar-refractivity contribution is 6.00. The first kappa shape index (κ1) is 16.6. The van der Waals surface area contributed by atoms with Gasteiger partial charge in [0, 0.05) is 19.0 Å². The van der Waals surface area contributed by atoms with Gasteiger partial charge < -0.3 is 9.32 Å². The predicted molar refractivity (Wildman–Crippen MR) is 104 cm³/mol. The number of hydrogen-bond donors (Lipinski definition) is 0. The fraction of sp³-hybridized carbons (Fsp3) is 0.364. The molecule has 0 aliphatic rings. The monoisotopic (exact) mass is 321 g/mol. The Kier molecular flexibility index (Phi) is 4.16. The Labute approximate surface area is 145 Å². The molecule has 0 saturated carbocycles. The maximum atomic E-state index is 6.27. The van der Waals surface area contributed by atoms with Crippen molar-refractivity contribution in [2.75, 3.05) is 18.5 Å².